The van der Waals surface area contributed by atoms with Gasteiger partial charge in [-0.05, 0) is 15.9 Å². The lowest BCUT2D eigenvalue weighted by atomic mass is 10.3. The number of thiazole rings is 1. The van der Waals surface area contributed by atoms with Crippen molar-refractivity contribution in [2.24, 2.45) is 0 Å². The van der Waals surface area contributed by atoms with Gasteiger partial charge in [0.2, 0.25) is 5.95 Å². The molecule has 7 heteroatoms. The van der Waals surface area contributed by atoms with Gasteiger partial charge in [-0.25, -0.2) is 9.97 Å². The van der Waals surface area contributed by atoms with Gasteiger partial charge in [0.1, 0.15) is 5.82 Å². The first-order valence-electron chi connectivity index (χ1n) is 4.64. The summed E-state index contributed by atoms with van der Waals surface area (Å²) in [7, 11) is 0. The molecule has 0 fully saturated rings. The number of halogens is 1. The van der Waals surface area contributed by atoms with Gasteiger partial charge in [-0.15, -0.1) is 11.3 Å². The van der Waals surface area contributed by atoms with Crippen LogP contribution in [0.15, 0.2) is 21.6 Å². The van der Waals surface area contributed by atoms with E-state index in [0.717, 1.165) is 23.1 Å². The average molecular weight is 300 g/mol. The van der Waals surface area contributed by atoms with Crippen molar-refractivity contribution < 1.29 is 0 Å². The molecule has 0 aliphatic carbocycles. The zero-order chi connectivity index (χ0) is 11.4. The molecule has 2 aromatic heterocycles. The molecule has 0 amide bonds. The molecule has 2 rings (SSSR count). The number of nitrogens with one attached hydrogen (secondary N) is 1. The van der Waals surface area contributed by atoms with Crippen LogP contribution in [0.1, 0.15) is 5.69 Å². The third kappa shape index (κ3) is 2.89. The van der Waals surface area contributed by atoms with E-state index in [1.165, 1.54) is 0 Å². The molecule has 5 nitrogen and oxygen atoms in total. The number of nitrogens with two attached hydrogens (primary N) is 1. The summed E-state index contributed by atoms with van der Waals surface area (Å²) in [5, 5.41) is 5.21. The van der Waals surface area contributed by atoms with Gasteiger partial charge in [0, 0.05) is 24.5 Å². The Morgan fingerprint density at radius 3 is 3.06 bits per heavy atom. The lowest BCUT2D eigenvalue weighted by Crippen LogP contribution is -2.08. The molecule has 0 saturated carbocycles. The van der Waals surface area contributed by atoms with Crippen LogP contribution in [0.5, 0.6) is 0 Å². The first-order valence-corrected chi connectivity index (χ1v) is 6.38. The molecule has 2 aromatic rings. The van der Waals surface area contributed by atoms with E-state index in [4.69, 9.17) is 5.73 Å². The van der Waals surface area contributed by atoms with E-state index in [1.807, 2.05) is 10.9 Å². The van der Waals surface area contributed by atoms with Gasteiger partial charge >= 0.3 is 0 Å². The Kier molecular flexibility index (Phi) is 3.68. The lowest BCUT2D eigenvalue weighted by molar-refractivity contribution is 0.963. The molecule has 0 radical (unpaired) electrons. The third-order valence-corrected chi connectivity index (χ3v) is 3.14. The standard InChI is InChI=1S/C9H10BrN5S/c10-7-3-13-9(11)15-8(7)12-2-1-6-4-16-5-14-6/h3-5H,1-2H2,(H3,11,12,13,15). The summed E-state index contributed by atoms with van der Waals surface area (Å²) in [6, 6.07) is 0. The largest absolute Gasteiger partial charge is 0.369 e. The summed E-state index contributed by atoms with van der Waals surface area (Å²) in [4.78, 5) is 12.1. The Bertz CT molecular complexity index is 459. The van der Waals surface area contributed by atoms with Gasteiger partial charge in [-0.1, -0.05) is 0 Å². The number of hydrogen-bond acceptors (Lipinski definition) is 6. The van der Waals surface area contributed by atoms with Gasteiger partial charge in [0.25, 0.3) is 0 Å². The van der Waals surface area contributed by atoms with Gasteiger partial charge < -0.3 is 11.1 Å². The maximum absolute atomic E-state index is 5.50. The molecule has 0 aliphatic rings. The fourth-order valence-corrected chi connectivity index (χ4v) is 2.10. The molecule has 0 saturated heterocycles. The zero-order valence-electron chi connectivity index (χ0n) is 8.35. The molecule has 0 spiro atoms. The first kappa shape index (κ1) is 11.3. The van der Waals surface area contributed by atoms with Crippen molar-refractivity contribution in [3.05, 3.63) is 27.3 Å². The molecular formula is C9H10BrN5S. The second kappa shape index (κ2) is 5.22. The van der Waals surface area contributed by atoms with Crippen molar-refractivity contribution in [3.63, 3.8) is 0 Å². The Morgan fingerprint density at radius 2 is 2.31 bits per heavy atom. The monoisotopic (exact) mass is 299 g/mol. The molecule has 0 atom stereocenters. The molecule has 0 aromatic carbocycles. The molecular weight excluding hydrogens is 290 g/mol. The smallest absolute Gasteiger partial charge is 0.221 e. The second-order valence-corrected chi connectivity index (χ2v) is 4.65. The van der Waals surface area contributed by atoms with Crippen LogP contribution in [-0.4, -0.2) is 21.5 Å². The highest BCUT2D eigenvalue weighted by molar-refractivity contribution is 9.10. The Balaban J connectivity index is 1.92. The summed E-state index contributed by atoms with van der Waals surface area (Å²) in [6.07, 6.45) is 2.49. The van der Waals surface area contributed by atoms with Crippen LogP contribution in [0.3, 0.4) is 0 Å². The van der Waals surface area contributed by atoms with E-state index < -0.39 is 0 Å². The third-order valence-electron chi connectivity index (χ3n) is 1.92. The predicted octanol–water partition coefficient (Wildman–Crippen LogP) is 1.93. The quantitative estimate of drug-likeness (QED) is 0.902. The summed E-state index contributed by atoms with van der Waals surface area (Å²) >= 11 is 4.95. The Labute approximate surface area is 105 Å². The number of nitrogens with zero attached hydrogens (tertiary/aromatic N) is 3. The van der Waals surface area contributed by atoms with Gasteiger partial charge in [-0.2, -0.15) is 4.98 Å². The maximum atomic E-state index is 5.50. The van der Waals surface area contributed by atoms with Crippen molar-refractivity contribution in [1.82, 2.24) is 15.0 Å². The van der Waals surface area contributed by atoms with Crippen LogP contribution < -0.4 is 11.1 Å². The second-order valence-electron chi connectivity index (χ2n) is 3.08. The van der Waals surface area contributed by atoms with Crippen molar-refractivity contribution >= 4 is 39.0 Å². The molecule has 16 heavy (non-hydrogen) atoms. The fourth-order valence-electron chi connectivity index (χ4n) is 1.17. The zero-order valence-corrected chi connectivity index (χ0v) is 10.8. The maximum Gasteiger partial charge on any atom is 0.221 e. The minimum absolute atomic E-state index is 0.263. The SMILES string of the molecule is Nc1ncc(Br)c(NCCc2cscn2)n1. The van der Waals surface area contributed by atoms with Gasteiger partial charge in [0.05, 0.1) is 15.7 Å². The normalized spacial score (nSPS) is 10.3. The van der Waals surface area contributed by atoms with E-state index in [2.05, 4.69) is 36.2 Å². The highest BCUT2D eigenvalue weighted by atomic mass is 79.9. The average Bonchev–Trinajstić information content (AvgIpc) is 2.76. The van der Waals surface area contributed by atoms with Gasteiger partial charge in [0.15, 0.2) is 0 Å². The minimum atomic E-state index is 0.263. The number of hydrogen-bond donors (Lipinski definition) is 2. The fraction of sp³-hybridized carbons (Fsp3) is 0.222. The number of rotatable bonds is 4. The van der Waals surface area contributed by atoms with Crippen LogP contribution in [0, 0.1) is 0 Å². The van der Waals surface area contributed by atoms with E-state index in [0.29, 0.717) is 5.82 Å². The van der Waals surface area contributed by atoms with Crippen LogP contribution in [0.2, 0.25) is 0 Å². The molecule has 2 heterocycles. The van der Waals surface area contributed by atoms with E-state index >= 15 is 0 Å². The lowest BCUT2D eigenvalue weighted by Gasteiger charge is -2.06. The number of anilines is 2. The Hall–Kier alpha value is -1.21. The predicted molar refractivity (Wildman–Crippen MR) is 68.5 cm³/mol. The molecule has 84 valence electrons. The number of nitrogen functional groups attached to an aromatic ring is 1. The van der Waals surface area contributed by atoms with Gasteiger partial charge in [-0.3, -0.25) is 0 Å². The molecule has 0 bridgehead atoms. The van der Waals surface area contributed by atoms with Crippen molar-refractivity contribution in [2.75, 3.05) is 17.6 Å². The van der Waals surface area contributed by atoms with E-state index in [1.54, 1.807) is 17.5 Å². The van der Waals surface area contributed by atoms with Crippen molar-refractivity contribution in [1.29, 1.82) is 0 Å². The summed E-state index contributed by atoms with van der Waals surface area (Å²) < 4.78 is 0.806. The van der Waals surface area contributed by atoms with Crippen molar-refractivity contribution in [3.8, 4) is 0 Å². The summed E-state index contributed by atoms with van der Waals surface area (Å²) in [5.74, 6) is 0.974. The van der Waals surface area contributed by atoms with Crippen molar-refractivity contribution in [2.45, 2.75) is 6.42 Å². The van der Waals surface area contributed by atoms with Crippen LogP contribution >= 0.6 is 27.3 Å². The van der Waals surface area contributed by atoms with E-state index in [9.17, 15) is 0 Å². The van der Waals surface area contributed by atoms with Crippen LogP contribution in [0.25, 0.3) is 0 Å². The van der Waals surface area contributed by atoms with Crippen LogP contribution in [-0.2, 0) is 6.42 Å². The summed E-state index contributed by atoms with van der Waals surface area (Å²) in [5.41, 5.74) is 8.41. The first-order chi connectivity index (χ1) is 7.75. The molecule has 0 unspecified atom stereocenters. The Morgan fingerprint density at radius 1 is 1.44 bits per heavy atom. The summed E-state index contributed by atoms with van der Waals surface area (Å²) in [6.45, 7) is 0.763. The van der Waals surface area contributed by atoms with Crippen LogP contribution in [0.4, 0.5) is 11.8 Å². The topological polar surface area (TPSA) is 76.7 Å². The minimum Gasteiger partial charge on any atom is -0.369 e. The molecule has 0 aliphatic heterocycles. The number of aromatic nitrogens is 3. The van der Waals surface area contributed by atoms with E-state index in [-0.39, 0.29) is 5.95 Å². The highest BCUT2D eigenvalue weighted by Crippen LogP contribution is 2.18. The highest BCUT2D eigenvalue weighted by Gasteiger charge is 2.02. The molecule has 3 N–H and O–H groups in total.